The molecule has 0 unspecified atom stereocenters. The third-order valence-corrected chi connectivity index (χ3v) is 9.89. The molecule has 1 aliphatic heterocycles. The fourth-order valence-corrected chi connectivity index (χ4v) is 7.02. The van der Waals surface area contributed by atoms with Crippen LogP contribution in [0.1, 0.15) is 20.7 Å². The van der Waals surface area contributed by atoms with E-state index < -0.39 is 67.4 Å². The number of anilines is 3. The maximum atomic E-state index is 13.8. The van der Waals surface area contributed by atoms with E-state index in [4.69, 9.17) is 37.1 Å². The molecule has 6 rings (SSSR count). The van der Waals surface area contributed by atoms with Crippen LogP contribution in [0, 0.1) is 0 Å². The average Bonchev–Trinajstić information content (AvgIpc) is 3.21. The minimum absolute atomic E-state index is 0.0121. The normalized spacial score (nSPS) is 10.9. The fraction of sp³-hybridized carbons (Fsp3) is 0.140. The third-order valence-electron chi connectivity index (χ3n) is 9.29. The Morgan fingerprint density at radius 3 is 1.84 bits per heavy atom. The first-order valence-electron chi connectivity index (χ1n) is 18.5. The van der Waals surface area contributed by atoms with Crippen molar-refractivity contribution in [2.75, 3.05) is 54.5 Å². The maximum absolute atomic E-state index is 13.8. The Kier molecular flexibility index (Phi) is 13.8. The molecule has 4 aromatic rings. The number of amides is 1. The number of aromatic carboxylic acids is 1. The summed E-state index contributed by atoms with van der Waals surface area (Å²) in [6.45, 7) is -3.41. The van der Waals surface area contributed by atoms with E-state index in [2.05, 4.69) is 5.32 Å². The number of phenolic OH excluding ortho intramolecular Hbond substituents is 1. The summed E-state index contributed by atoms with van der Waals surface area (Å²) < 4.78 is 17.6. The van der Waals surface area contributed by atoms with E-state index >= 15 is 0 Å². The summed E-state index contributed by atoms with van der Waals surface area (Å²) in [5, 5.41) is 61.1. The molecule has 21 heteroatoms. The van der Waals surface area contributed by atoms with Gasteiger partial charge >= 0.3 is 29.8 Å². The molecule has 2 aliphatic rings. The second-order valence-corrected chi connectivity index (χ2v) is 14.5. The second-order valence-electron chi connectivity index (χ2n) is 13.7. The van der Waals surface area contributed by atoms with Gasteiger partial charge in [-0.1, -0.05) is 41.4 Å². The molecule has 1 aliphatic carbocycles. The zero-order valence-electron chi connectivity index (χ0n) is 32.7. The number of phenols is 1. The van der Waals surface area contributed by atoms with Gasteiger partial charge in [-0.05, 0) is 54.1 Å². The van der Waals surface area contributed by atoms with Crippen LogP contribution in [0.25, 0.3) is 33.4 Å². The second kappa shape index (κ2) is 19.3. The number of benzene rings is 5. The number of para-hydroxylation sites is 2. The first-order valence-corrected chi connectivity index (χ1v) is 19.3. The Hall–Kier alpha value is -8.03. The molecule has 0 spiro atoms. The van der Waals surface area contributed by atoms with Crippen LogP contribution in [-0.4, -0.2) is 106 Å². The van der Waals surface area contributed by atoms with Crippen molar-refractivity contribution in [1.29, 1.82) is 0 Å². The van der Waals surface area contributed by atoms with Crippen molar-refractivity contribution in [1.82, 2.24) is 0 Å². The van der Waals surface area contributed by atoms with E-state index in [0.717, 1.165) is 21.9 Å². The number of nitrogens with zero attached hydrogens (tertiary/aromatic N) is 2. The predicted octanol–water partition coefficient (Wildman–Crippen LogP) is 5.94. The first kappa shape index (κ1) is 45.5. The lowest BCUT2D eigenvalue weighted by molar-refractivity contribution is -0.138. The molecule has 64 heavy (non-hydrogen) atoms. The number of hydrogen-bond donors (Lipinski definition) is 7. The summed E-state index contributed by atoms with van der Waals surface area (Å²) in [5.74, 6) is -7.97. The highest BCUT2D eigenvalue weighted by Crippen LogP contribution is 2.44. The van der Waals surface area contributed by atoms with Crippen LogP contribution in [0.4, 0.5) is 17.1 Å². The van der Waals surface area contributed by atoms with Gasteiger partial charge in [0.05, 0.1) is 27.0 Å². The van der Waals surface area contributed by atoms with Crippen LogP contribution in [-0.2, 0) is 19.2 Å². The SMILES string of the molecule is O=C(O)CN(CC(=O)O)c1ccccc1OCCOc1cc(NC(=O)c2ccc(-c3c4cc(Cl)c(=O)cc-4oc4cc(O)c(Cl)cc34)c(C(=O)O)c2)ccc1N(CC(=O)O)CC(=O)O. The van der Waals surface area contributed by atoms with Gasteiger partial charge in [-0.15, -0.1) is 0 Å². The summed E-state index contributed by atoms with van der Waals surface area (Å²) in [6.07, 6.45) is 0. The van der Waals surface area contributed by atoms with Crippen molar-refractivity contribution >= 4 is 87.0 Å². The van der Waals surface area contributed by atoms with Gasteiger partial charge in [0.15, 0.2) is 0 Å². The molecule has 1 heterocycles. The van der Waals surface area contributed by atoms with E-state index in [9.17, 15) is 64.2 Å². The molecule has 1 amide bonds. The van der Waals surface area contributed by atoms with Crippen LogP contribution < -0.4 is 30.0 Å². The lowest BCUT2D eigenvalue weighted by atomic mass is 9.89. The zero-order chi connectivity index (χ0) is 46.4. The van der Waals surface area contributed by atoms with Gasteiger partial charge in [-0.2, -0.15) is 0 Å². The molecule has 0 atom stereocenters. The standard InChI is InChI=1S/C43H33Cl2N3O16/c44-27-13-25-34(15-31(27)49)64-35-16-32(50)28(45)14-26(35)41(25)23-7-5-21(11-24(23)43(60)61)42(59)46-22-6-8-30(48(19-39(55)56)20-40(57)58)36(12-22)63-10-9-62-33-4-2-1-3-29(33)47(17-37(51)52)18-38(53)54/h1-8,11-16,49H,9-10,17-20H2,(H,46,59)(H,51,52)(H,53,54)(H,55,56)(H,57,58)(H,60,61). The lowest BCUT2D eigenvalue weighted by Gasteiger charge is -2.25. The molecule has 0 bridgehead atoms. The minimum Gasteiger partial charge on any atom is -0.506 e. The highest BCUT2D eigenvalue weighted by molar-refractivity contribution is 6.33. The van der Waals surface area contributed by atoms with Crippen LogP contribution in [0.3, 0.4) is 0 Å². The van der Waals surface area contributed by atoms with Crippen molar-refractivity contribution in [3.63, 3.8) is 0 Å². The number of fused-ring (bicyclic) bond motifs is 2. The van der Waals surface area contributed by atoms with Crippen LogP contribution >= 0.6 is 23.2 Å². The number of hydrogen-bond acceptors (Lipinski definition) is 13. The van der Waals surface area contributed by atoms with Gasteiger partial charge < -0.3 is 59.6 Å². The van der Waals surface area contributed by atoms with E-state index in [0.29, 0.717) is 0 Å². The maximum Gasteiger partial charge on any atom is 0.336 e. The number of ether oxygens (including phenoxy) is 2. The lowest BCUT2D eigenvalue weighted by Crippen LogP contribution is -2.35. The van der Waals surface area contributed by atoms with E-state index in [-0.39, 0.29) is 102 Å². The summed E-state index contributed by atoms with van der Waals surface area (Å²) in [5.41, 5.74) is -0.392. The van der Waals surface area contributed by atoms with Gasteiger partial charge in [0.25, 0.3) is 5.91 Å². The Bertz CT molecular complexity index is 2850. The number of carboxylic acid groups (broad SMARTS) is 5. The largest absolute Gasteiger partial charge is 0.506 e. The number of carbonyl (C=O) groups excluding carboxylic acids is 1. The highest BCUT2D eigenvalue weighted by atomic mass is 35.5. The Labute approximate surface area is 369 Å². The van der Waals surface area contributed by atoms with Crippen LogP contribution in [0.15, 0.2) is 94.1 Å². The van der Waals surface area contributed by atoms with Crippen molar-refractivity contribution in [2.24, 2.45) is 0 Å². The van der Waals surface area contributed by atoms with Crippen LogP contribution in [0.2, 0.25) is 10.0 Å². The quantitative estimate of drug-likeness (QED) is 0.0365. The van der Waals surface area contributed by atoms with Gasteiger partial charge in [0.1, 0.15) is 68.0 Å². The van der Waals surface area contributed by atoms with Gasteiger partial charge in [-0.25, -0.2) is 4.79 Å². The smallest absolute Gasteiger partial charge is 0.336 e. The molecule has 19 nitrogen and oxygen atoms in total. The summed E-state index contributed by atoms with van der Waals surface area (Å²) in [7, 11) is 0. The van der Waals surface area contributed by atoms with Crippen LogP contribution in [0.5, 0.6) is 17.2 Å². The predicted molar refractivity (Wildman–Crippen MR) is 230 cm³/mol. The Morgan fingerprint density at radius 1 is 0.641 bits per heavy atom. The topological polar surface area (TPSA) is 291 Å². The van der Waals surface area contributed by atoms with Crippen molar-refractivity contribution < 1.29 is 73.3 Å². The molecular weight excluding hydrogens is 885 g/mol. The number of halogens is 2. The number of carbonyl (C=O) groups is 6. The van der Waals surface area contributed by atoms with Crippen molar-refractivity contribution in [3.05, 3.63) is 116 Å². The first-order chi connectivity index (χ1) is 30.4. The van der Waals surface area contributed by atoms with Crippen molar-refractivity contribution in [3.8, 4) is 39.7 Å². The third kappa shape index (κ3) is 10.5. The van der Waals surface area contributed by atoms with Crippen molar-refractivity contribution in [2.45, 2.75) is 0 Å². The number of aromatic hydroxyl groups is 1. The molecule has 7 N–H and O–H groups in total. The Morgan fingerprint density at radius 2 is 1.23 bits per heavy atom. The van der Waals surface area contributed by atoms with E-state index in [1.165, 1.54) is 60.7 Å². The van der Waals surface area contributed by atoms with E-state index in [1.54, 1.807) is 12.1 Å². The molecular formula is C43H33Cl2N3O16. The average molecular weight is 919 g/mol. The molecule has 0 saturated carbocycles. The highest BCUT2D eigenvalue weighted by Gasteiger charge is 2.26. The minimum atomic E-state index is -1.46. The Balaban J connectivity index is 1.32. The zero-order valence-corrected chi connectivity index (χ0v) is 34.3. The molecule has 4 aromatic carbocycles. The molecule has 330 valence electrons. The summed E-state index contributed by atoms with van der Waals surface area (Å²) in [4.78, 5) is 87.5. The monoisotopic (exact) mass is 917 g/mol. The summed E-state index contributed by atoms with van der Waals surface area (Å²) in [6, 6.07) is 18.6. The molecule has 0 fully saturated rings. The number of nitrogens with one attached hydrogen (secondary N) is 1. The number of aliphatic carboxylic acids is 4. The molecule has 0 saturated heterocycles. The van der Waals surface area contributed by atoms with E-state index in [1.807, 2.05) is 0 Å². The summed E-state index contributed by atoms with van der Waals surface area (Å²) >= 11 is 12.4. The fourth-order valence-electron chi connectivity index (χ4n) is 6.69. The van der Waals surface area contributed by atoms with Gasteiger partial charge in [-0.3, -0.25) is 28.8 Å². The van der Waals surface area contributed by atoms with Gasteiger partial charge in [0, 0.05) is 46.0 Å². The number of rotatable bonds is 19. The van der Waals surface area contributed by atoms with Gasteiger partial charge in [0.2, 0.25) is 5.43 Å². The molecule has 0 radical (unpaired) electrons. The number of carboxylic acids is 5. The molecule has 0 aromatic heterocycles.